The van der Waals surface area contributed by atoms with Crippen LogP contribution in [0.2, 0.25) is 0 Å². The minimum atomic E-state index is 0.0631. The predicted molar refractivity (Wildman–Crippen MR) is 78.4 cm³/mol. The minimum absolute atomic E-state index is 0.0631. The van der Waals surface area contributed by atoms with Crippen molar-refractivity contribution in [2.75, 3.05) is 5.32 Å². The molecule has 0 radical (unpaired) electrons. The fourth-order valence-electron chi connectivity index (χ4n) is 2.92. The summed E-state index contributed by atoms with van der Waals surface area (Å²) >= 11 is 0. The topological polar surface area (TPSA) is 59.0 Å². The first-order valence-corrected chi connectivity index (χ1v) is 7.79. The van der Waals surface area contributed by atoms with Crippen LogP contribution in [0.3, 0.4) is 0 Å². The van der Waals surface area contributed by atoms with Gasteiger partial charge >= 0.3 is 0 Å². The summed E-state index contributed by atoms with van der Waals surface area (Å²) in [7, 11) is 0. The summed E-state index contributed by atoms with van der Waals surface area (Å²) in [5, 5.41) is 10.8. The van der Waals surface area contributed by atoms with E-state index in [0.29, 0.717) is 24.5 Å². The number of carbonyl (C=O) groups excluding carboxylic acids is 1. The van der Waals surface area contributed by atoms with Crippen molar-refractivity contribution in [1.29, 1.82) is 0 Å². The van der Waals surface area contributed by atoms with Crippen LogP contribution in [0.15, 0.2) is 12.4 Å². The van der Waals surface area contributed by atoms with E-state index in [2.05, 4.69) is 22.7 Å². The molecule has 2 N–H and O–H groups in total. The molecule has 2 saturated carbocycles. The smallest absolute Gasteiger partial charge is 0.241 e. The standard InChI is InChI=1S/C15H24N4O/c1-11-4-2-3-5-14(11)17-13-8-16-19(9-13)10-15(20)18-12-6-7-12/h8-9,11-12,14,17H,2-7,10H2,1H3,(H,18,20). The Balaban J connectivity index is 1.51. The molecule has 0 spiro atoms. The Bertz CT molecular complexity index is 466. The fraction of sp³-hybridized carbons (Fsp3) is 0.733. The molecule has 20 heavy (non-hydrogen) atoms. The SMILES string of the molecule is CC1CCCCC1Nc1cnn(CC(=O)NC2CC2)c1. The van der Waals surface area contributed by atoms with Gasteiger partial charge in [0, 0.05) is 18.3 Å². The third-order valence-corrected chi connectivity index (χ3v) is 4.34. The van der Waals surface area contributed by atoms with E-state index >= 15 is 0 Å². The van der Waals surface area contributed by atoms with Crippen LogP contribution in [-0.2, 0) is 11.3 Å². The molecule has 1 heterocycles. The van der Waals surface area contributed by atoms with Gasteiger partial charge in [-0.15, -0.1) is 0 Å². The highest BCUT2D eigenvalue weighted by Crippen LogP contribution is 2.26. The maximum absolute atomic E-state index is 11.7. The molecule has 1 aromatic heterocycles. The number of rotatable bonds is 5. The maximum atomic E-state index is 11.7. The van der Waals surface area contributed by atoms with Crippen LogP contribution in [-0.4, -0.2) is 27.8 Å². The molecule has 110 valence electrons. The van der Waals surface area contributed by atoms with Crippen molar-refractivity contribution in [3.63, 3.8) is 0 Å². The summed E-state index contributed by atoms with van der Waals surface area (Å²) < 4.78 is 1.72. The number of amides is 1. The molecule has 2 aliphatic rings. The minimum Gasteiger partial charge on any atom is -0.380 e. The second-order valence-electron chi connectivity index (χ2n) is 6.28. The van der Waals surface area contributed by atoms with E-state index < -0.39 is 0 Å². The first kappa shape index (κ1) is 13.5. The van der Waals surface area contributed by atoms with Gasteiger partial charge in [0.05, 0.1) is 11.9 Å². The van der Waals surface area contributed by atoms with Crippen molar-refractivity contribution in [3.8, 4) is 0 Å². The molecule has 2 atom stereocenters. The molecular formula is C15H24N4O. The average molecular weight is 276 g/mol. The molecule has 2 unspecified atom stereocenters. The van der Waals surface area contributed by atoms with Crippen molar-refractivity contribution in [1.82, 2.24) is 15.1 Å². The van der Waals surface area contributed by atoms with E-state index in [1.165, 1.54) is 25.7 Å². The van der Waals surface area contributed by atoms with Gasteiger partial charge in [-0.1, -0.05) is 19.8 Å². The molecular weight excluding hydrogens is 252 g/mol. The number of aromatic nitrogens is 2. The zero-order chi connectivity index (χ0) is 13.9. The fourth-order valence-corrected chi connectivity index (χ4v) is 2.92. The van der Waals surface area contributed by atoms with Gasteiger partial charge in [-0.25, -0.2) is 0 Å². The van der Waals surface area contributed by atoms with E-state index in [1.807, 2.05) is 12.4 Å². The highest BCUT2D eigenvalue weighted by molar-refractivity contribution is 5.76. The van der Waals surface area contributed by atoms with Crippen LogP contribution in [0.4, 0.5) is 5.69 Å². The summed E-state index contributed by atoms with van der Waals surface area (Å²) in [6, 6.07) is 0.959. The maximum Gasteiger partial charge on any atom is 0.241 e. The quantitative estimate of drug-likeness (QED) is 0.866. The molecule has 2 fully saturated rings. The van der Waals surface area contributed by atoms with Gasteiger partial charge in [0.15, 0.2) is 0 Å². The van der Waals surface area contributed by atoms with Crippen LogP contribution in [0.1, 0.15) is 45.4 Å². The second kappa shape index (κ2) is 5.85. The summed E-state index contributed by atoms with van der Waals surface area (Å²) in [4.78, 5) is 11.7. The van der Waals surface area contributed by atoms with Crippen LogP contribution in [0, 0.1) is 5.92 Å². The Kier molecular flexibility index (Phi) is 3.94. The lowest BCUT2D eigenvalue weighted by molar-refractivity contribution is -0.122. The van der Waals surface area contributed by atoms with Gasteiger partial charge in [0.1, 0.15) is 6.54 Å². The van der Waals surface area contributed by atoms with Gasteiger partial charge in [-0.2, -0.15) is 5.10 Å². The molecule has 0 aliphatic heterocycles. The molecule has 5 nitrogen and oxygen atoms in total. The molecule has 3 rings (SSSR count). The van der Waals surface area contributed by atoms with Crippen molar-refractivity contribution in [3.05, 3.63) is 12.4 Å². The molecule has 1 amide bonds. The normalized spacial score (nSPS) is 26.2. The number of anilines is 1. The van der Waals surface area contributed by atoms with Crippen LogP contribution < -0.4 is 10.6 Å². The van der Waals surface area contributed by atoms with E-state index in [0.717, 1.165) is 18.5 Å². The van der Waals surface area contributed by atoms with Gasteiger partial charge in [0.2, 0.25) is 5.91 Å². The first-order valence-electron chi connectivity index (χ1n) is 7.79. The summed E-state index contributed by atoms with van der Waals surface area (Å²) in [6.07, 6.45) is 11.2. The third kappa shape index (κ3) is 3.52. The zero-order valence-corrected chi connectivity index (χ0v) is 12.1. The van der Waals surface area contributed by atoms with Gasteiger partial charge in [0.25, 0.3) is 0 Å². The molecule has 1 aromatic rings. The molecule has 5 heteroatoms. The second-order valence-corrected chi connectivity index (χ2v) is 6.28. The lowest BCUT2D eigenvalue weighted by Gasteiger charge is -2.29. The van der Waals surface area contributed by atoms with Crippen molar-refractivity contribution in [2.24, 2.45) is 5.92 Å². The van der Waals surface area contributed by atoms with Crippen molar-refractivity contribution < 1.29 is 4.79 Å². The number of carbonyl (C=O) groups is 1. The summed E-state index contributed by atoms with van der Waals surface area (Å²) in [5.74, 6) is 0.776. The number of nitrogens with one attached hydrogen (secondary N) is 2. The molecule has 2 aliphatic carbocycles. The van der Waals surface area contributed by atoms with Gasteiger partial charge < -0.3 is 10.6 Å². The van der Waals surface area contributed by atoms with Gasteiger partial charge in [-0.3, -0.25) is 9.48 Å². The van der Waals surface area contributed by atoms with Crippen LogP contribution in [0.5, 0.6) is 0 Å². The van der Waals surface area contributed by atoms with E-state index in [1.54, 1.807) is 4.68 Å². The zero-order valence-electron chi connectivity index (χ0n) is 12.1. The predicted octanol–water partition coefficient (Wildman–Crippen LogP) is 2.15. The first-order chi connectivity index (χ1) is 9.70. The van der Waals surface area contributed by atoms with Gasteiger partial charge in [-0.05, 0) is 31.6 Å². The summed E-state index contributed by atoms with van der Waals surface area (Å²) in [5.41, 5.74) is 1.03. The Labute approximate surface area is 120 Å². The molecule has 0 saturated heterocycles. The highest BCUT2D eigenvalue weighted by atomic mass is 16.2. The Morgan fingerprint density at radius 2 is 2.15 bits per heavy atom. The van der Waals surface area contributed by atoms with Crippen LogP contribution >= 0.6 is 0 Å². The average Bonchev–Trinajstić information content (AvgIpc) is 3.12. The van der Waals surface area contributed by atoms with E-state index in [4.69, 9.17) is 0 Å². The Morgan fingerprint density at radius 3 is 2.90 bits per heavy atom. The van der Waals surface area contributed by atoms with Crippen LogP contribution in [0.25, 0.3) is 0 Å². The number of nitrogens with zero attached hydrogens (tertiary/aromatic N) is 2. The van der Waals surface area contributed by atoms with Crippen molar-refractivity contribution >= 4 is 11.6 Å². The van der Waals surface area contributed by atoms with Crippen molar-refractivity contribution in [2.45, 2.75) is 64.1 Å². The van der Waals surface area contributed by atoms with E-state index in [-0.39, 0.29) is 5.91 Å². The lowest BCUT2D eigenvalue weighted by atomic mass is 9.86. The summed E-state index contributed by atoms with van der Waals surface area (Å²) in [6.45, 7) is 2.63. The Hall–Kier alpha value is -1.52. The monoisotopic (exact) mass is 276 g/mol. The number of hydrogen-bond donors (Lipinski definition) is 2. The third-order valence-electron chi connectivity index (χ3n) is 4.34. The Morgan fingerprint density at radius 1 is 1.35 bits per heavy atom. The highest BCUT2D eigenvalue weighted by Gasteiger charge is 2.24. The largest absolute Gasteiger partial charge is 0.380 e. The molecule has 0 aromatic carbocycles. The lowest BCUT2D eigenvalue weighted by Crippen LogP contribution is -2.30. The number of hydrogen-bond acceptors (Lipinski definition) is 3. The van der Waals surface area contributed by atoms with E-state index in [9.17, 15) is 4.79 Å². The molecule has 0 bridgehead atoms.